The van der Waals surface area contributed by atoms with Crippen molar-refractivity contribution in [2.75, 3.05) is 13.6 Å². The summed E-state index contributed by atoms with van der Waals surface area (Å²) in [6.07, 6.45) is 7.80. The van der Waals surface area contributed by atoms with E-state index in [0.29, 0.717) is 6.04 Å². The summed E-state index contributed by atoms with van der Waals surface area (Å²) < 4.78 is 1.97. The van der Waals surface area contributed by atoms with Crippen LogP contribution in [0.5, 0.6) is 0 Å². The summed E-state index contributed by atoms with van der Waals surface area (Å²) in [4.78, 5) is 4.41. The lowest BCUT2D eigenvalue weighted by Crippen LogP contribution is -2.45. The molecular formula is C20H38IN5. The number of aryl methyl sites for hydroxylation is 2. The molecule has 1 aliphatic rings. The molecule has 0 bridgehead atoms. The van der Waals surface area contributed by atoms with E-state index in [4.69, 9.17) is 0 Å². The summed E-state index contributed by atoms with van der Waals surface area (Å²) >= 11 is 0. The molecule has 0 aromatic carbocycles. The molecule has 1 aliphatic carbocycles. The lowest BCUT2D eigenvalue weighted by molar-refractivity contribution is 0.269. The van der Waals surface area contributed by atoms with E-state index in [1.165, 1.54) is 43.4 Å². The lowest BCUT2D eigenvalue weighted by Gasteiger charge is -2.28. The van der Waals surface area contributed by atoms with Crippen LogP contribution >= 0.6 is 24.0 Å². The highest BCUT2D eigenvalue weighted by Gasteiger charge is 2.20. The fraction of sp³-hybridized carbons (Fsp3) is 0.800. The molecule has 0 radical (unpaired) electrons. The second-order valence-electron chi connectivity index (χ2n) is 7.77. The highest BCUT2D eigenvalue weighted by Crippen LogP contribution is 2.30. The van der Waals surface area contributed by atoms with Gasteiger partial charge in [0.25, 0.3) is 0 Å². The van der Waals surface area contributed by atoms with E-state index in [9.17, 15) is 0 Å². The molecule has 0 saturated heterocycles. The maximum Gasteiger partial charge on any atom is 0.191 e. The van der Waals surface area contributed by atoms with Crippen molar-refractivity contribution in [3.05, 3.63) is 17.0 Å². The number of aromatic nitrogens is 2. The van der Waals surface area contributed by atoms with Crippen LogP contribution in [-0.4, -0.2) is 35.4 Å². The Balaban J connectivity index is 0.00000338. The van der Waals surface area contributed by atoms with Crippen molar-refractivity contribution >= 4 is 29.9 Å². The number of guanidine groups is 1. The van der Waals surface area contributed by atoms with Crippen molar-refractivity contribution in [1.29, 1.82) is 0 Å². The quantitative estimate of drug-likeness (QED) is 0.372. The Bertz CT molecular complexity index is 573. The predicted octanol–water partition coefficient (Wildman–Crippen LogP) is 3.97. The van der Waals surface area contributed by atoms with E-state index >= 15 is 0 Å². The van der Waals surface area contributed by atoms with Gasteiger partial charge in [0, 0.05) is 32.4 Å². The van der Waals surface area contributed by atoms with Gasteiger partial charge in [0.1, 0.15) is 0 Å². The molecule has 2 N–H and O–H groups in total. The minimum atomic E-state index is 0. The van der Waals surface area contributed by atoms with Crippen LogP contribution in [-0.2, 0) is 13.5 Å². The molecule has 1 aromatic rings. The van der Waals surface area contributed by atoms with Crippen LogP contribution in [0.2, 0.25) is 0 Å². The van der Waals surface area contributed by atoms with Crippen LogP contribution in [0.4, 0.5) is 0 Å². The topological polar surface area (TPSA) is 54.2 Å². The number of halogens is 1. The first-order valence-corrected chi connectivity index (χ1v) is 9.90. The zero-order valence-electron chi connectivity index (χ0n) is 17.4. The first kappa shape index (κ1) is 23.2. The van der Waals surface area contributed by atoms with Gasteiger partial charge in [0.2, 0.25) is 0 Å². The van der Waals surface area contributed by atoms with Crippen LogP contribution in [0.1, 0.15) is 62.9 Å². The minimum Gasteiger partial charge on any atom is -0.356 e. The first-order valence-electron chi connectivity index (χ1n) is 9.90. The second-order valence-corrected chi connectivity index (χ2v) is 7.77. The van der Waals surface area contributed by atoms with Crippen molar-refractivity contribution in [1.82, 2.24) is 20.4 Å². The average molecular weight is 475 g/mol. The van der Waals surface area contributed by atoms with E-state index in [1.54, 1.807) is 0 Å². The molecule has 0 aliphatic heterocycles. The Hall–Kier alpha value is -0.790. The van der Waals surface area contributed by atoms with E-state index in [2.05, 4.69) is 48.4 Å². The SMILES string of the molecule is CCC1CCC(CNC(=NC)NC(C)Cc2c(C)nn(C)c2C)CC1.I. The number of nitrogens with zero attached hydrogens (tertiary/aromatic N) is 3. The van der Waals surface area contributed by atoms with Gasteiger partial charge >= 0.3 is 0 Å². The number of nitrogens with one attached hydrogen (secondary N) is 2. The van der Waals surface area contributed by atoms with Gasteiger partial charge in [-0.15, -0.1) is 24.0 Å². The molecule has 0 amide bonds. The average Bonchev–Trinajstić information content (AvgIpc) is 2.85. The highest BCUT2D eigenvalue weighted by atomic mass is 127. The third-order valence-corrected chi connectivity index (χ3v) is 5.88. The van der Waals surface area contributed by atoms with Gasteiger partial charge in [0.05, 0.1) is 5.69 Å². The zero-order chi connectivity index (χ0) is 18.4. The predicted molar refractivity (Wildman–Crippen MR) is 121 cm³/mol. The van der Waals surface area contributed by atoms with Gasteiger partial charge in [0.15, 0.2) is 5.96 Å². The molecule has 5 nitrogen and oxygen atoms in total. The number of hydrogen-bond acceptors (Lipinski definition) is 2. The number of rotatable bonds is 6. The van der Waals surface area contributed by atoms with Gasteiger partial charge in [-0.25, -0.2) is 0 Å². The summed E-state index contributed by atoms with van der Waals surface area (Å²) in [6, 6.07) is 0.323. The summed E-state index contributed by atoms with van der Waals surface area (Å²) in [5, 5.41) is 11.6. The van der Waals surface area contributed by atoms with Crippen LogP contribution < -0.4 is 10.6 Å². The standard InChI is InChI=1S/C20H37N5.HI/c1-7-17-8-10-18(11-9-17)13-22-20(21-5)23-14(2)12-19-15(3)24-25(6)16(19)4;/h14,17-18H,7-13H2,1-6H3,(H2,21,22,23);1H. The monoisotopic (exact) mass is 475 g/mol. The molecule has 1 fully saturated rings. The molecule has 2 rings (SSSR count). The summed E-state index contributed by atoms with van der Waals surface area (Å²) in [5.74, 6) is 2.67. The van der Waals surface area contributed by atoms with E-state index in [1.807, 2.05) is 18.8 Å². The van der Waals surface area contributed by atoms with Gasteiger partial charge in [-0.3, -0.25) is 9.67 Å². The maximum atomic E-state index is 4.52. The first-order chi connectivity index (χ1) is 11.9. The molecule has 1 heterocycles. The normalized spacial score (nSPS) is 21.8. The van der Waals surface area contributed by atoms with Gasteiger partial charge in [-0.05, 0) is 57.4 Å². The molecule has 6 heteroatoms. The maximum absolute atomic E-state index is 4.52. The van der Waals surface area contributed by atoms with Gasteiger partial charge in [-0.2, -0.15) is 5.10 Å². The largest absolute Gasteiger partial charge is 0.356 e. The number of hydrogen-bond donors (Lipinski definition) is 2. The molecule has 0 spiro atoms. The van der Waals surface area contributed by atoms with Crippen molar-refractivity contribution < 1.29 is 0 Å². The summed E-state index contributed by atoms with van der Waals surface area (Å²) in [5.41, 5.74) is 3.72. The Morgan fingerprint density at radius 2 is 1.85 bits per heavy atom. The smallest absolute Gasteiger partial charge is 0.191 e. The Morgan fingerprint density at radius 3 is 2.35 bits per heavy atom. The Kier molecular flexibility index (Phi) is 9.97. The van der Waals surface area contributed by atoms with E-state index < -0.39 is 0 Å². The number of aliphatic imine (C=N–C) groups is 1. The molecule has 26 heavy (non-hydrogen) atoms. The highest BCUT2D eigenvalue weighted by molar-refractivity contribution is 14.0. The Morgan fingerprint density at radius 1 is 1.23 bits per heavy atom. The van der Waals surface area contributed by atoms with Crippen LogP contribution in [0.25, 0.3) is 0 Å². The second kappa shape index (κ2) is 11.1. The molecule has 150 valence electrons. The molecular weight excluding hydrogens is 437 g/mol. The van der Waals surface area contributed by atoms with Crippen LogP contribution in [0.3, 0.4) is 0 Å². The molecule has 1 saturated carbocycles. The van der Waals surface area contributed by atoms with Crippen LogP contribution in [0.15, 0.2) is 4.99 Å². The molecule has 1 atom stereocenters. The van der Waals surface area contributed by atoms with Crippen molar-refractivity contribution in [3.8, 4) is 0 Å². The summed E-state index contributed by atoms with van der Waals surface area (Å²) in [7, 11) is 3.87. The third-order valence-electron chi connectivity index (χ3n) is 5.88. The fourth-order valence-electron chi connectivity index (χ4n) is 3.98. The molecule has 1 aromatic heterocycles. The zero-order valence-corrected chi connectivity index (χ0v) is 19.8. The van der Waals surface area contributed by atoms with Gasteiger partial charge < -0.3 is 10.6 Å². The van der Waals surface area contributed by atoms with Crippen molar-refractivity contribution in [2.24, 2.45) is 23.9 Å². The van der Waals surface area contributed by atoms with Gasteiger partial charge in [-0.1, -0.05) is 26.2 Å². The lowest BCUT2D eigenvalue weighted by atomic mass is 9.81. The minimum absolute atomic E-state index is 0. The van der Waals surface area contributed by atoms with E-state index in [0.717, 1.165) is 36.5 Å². The summed E-state index contributed by atoms with van der Waals surface area (Å²) in [6.45, 7) is 9.80. The van der Waals surface area contributed by atoms with E-state index in [-0.39, 0.29) is 24.0 Å². The molecule has 1 unspecified atom stereocenters. The van der Waals surface area contributed by atoms with Crippen LogP contribution in [0, 0.1) is 25.7 Å². The van der Waals surface area contributed by atoms with Crippen molar-refractivity contribution in [2.45, 2.75) is 72.3 Å². The van der Waals surface area contributed by atoms with Crippen molar-refractivity contribution in [3.63, 3.8) is 0 Å². The Labute approximate surface area is 176 Å². The third kappa shape index (κ3) is 6.43. The fourth-order valence-corrected chi connectivity index (χ4v) is 3.98.